The summed E-state index contributed by atoms with van der Waals surface area (Å²) in [7, 11) is 0. The standard InChI is InChI=1S/C16H20N2O2/c1-11-6-8-12(9-7-11)16-17-15(20-18-16)10-13-4-2-3-5-14(13)19/h6-9,13-14,19H,2-5,10H2,1H3. The Labute approximate surface area is 118 Å². The van der Waals surface area contributed by atoms with E-state index in [1.807, 2.05) is 24.3 Å². The van der Waals surface area contributed by atoms with Gasteiger partial charge in [0.2, 0.25) is 11.7 Å². The molecule has 106 valence electrons. The van der Waals surface area contributed by atoms with Gasteiger partial charge in [-0.05, 0) is 25.7 Å². The third-order valence-electron chi connectivity index (χ3n) is 4.08. The predicted octanol–water partition coefficient (Wildman–Crippen LogP) is 3.14. The van der Waals surface area contributed by atoms with E-state index in [1.54, 1.807) is 0 Å². The van der Waals surface area contributed by atoms with Crippen LogP contribution in [0.1, 0.15) is 37.1 Å². The molecular formula is C16H20N2O2. The lowest BCUT2D eigenvalue weighted by Gasteiger charge is -2.26. The fourth-order valence-corrected chi connectivity index (χ4v) is 2.81. The minimum atomic E-state index is -0.224. The molecule has 1 saturated carbocycles. The molecule has 0 bridgehead atoms. The molecule has 1 N–H and O–H groups in total. The van der Waals surface area contributed by atoms with Crippen molar-refractivity contribution in [2.75, 3.05) is 0 Å². The molecule has 2 atom stereocenters. The average molecular weight is 272 g/mol. The van der Waals surface area contributed by atoms with Gasteiger partial charge in [-0.15, -0.1) is 0 Å². The highest BCUT2D eigenvalue weighted by molar-refractivity contribution is 5.54. The highest BCUT2D eigenvalue weighted by Crippen LogP contribution is 2.27. The van der Waals surface area contributed by atoms with Gasteiger partial charge in [-0.3, -0.25) is 0 Å². The Kier molecular flexibility index (Phi) is 3.83. The number of benzene rings is 1. The number of aliphatic hydroxyl groups excluding tert-OH is 1. The number of hydrogen-bond donors (Lipinski definition) is 1. The van der Waals surface area contributed by atoms with Crippen molar-refractivity contribution in [2.24, 2.45) is 5.92 Å². The molecule has 0 saturated heterocycles. The normalized spacial score (nSPS) is 22.9. The van der Waals surface area contributed by atoms with Gasteiger partial charge in [0.25, 0.3) is 0 Å². The van der Waals surface area contributed by atoms with Crippen LogP contribution in [-0.2, 0) is 6.42 Å². The predicted molar refractivity (Wildman–Crippen MR) is 76.1 cm³/mol. The van der Waals surface area contributed by atoms with Gasteiger partial charge < -0.3 is 9.63 Å². The Balaban J connectivity index is 1.71. The van der Waals surface area contributed by atoms with E-state index in [0.29, 0.717) is 18.1 Å². The Morgan fingerprint density at radius 2 is 1.95 bits per heavy atom. The van der Waals surface area contributed by atoms with Crippen molar-refractivity contribution in [1.82, 2.24) is 10.1 Å². The second kappa shape index (κ2) is 5.75. The number of nitrogens with zero attached hydrogens (tertiary/aromatic N) is 2. The minimum Gasteiger partial charge on any atom is -0.393 e. The van der Waals surface area contributed by atoms with Crippen LogP contribution in [0.25, 0.3) is 11.4 Å². The summed E-state index contributed by atoms with van der Waals surface area (Å²) in [6, 6.07) is 8.07. The molecule has 1 aliphatic carbocycles. The van der Waals surface area contributed by atoms with Crippen LogP contribution in [0.2, 0.25) is 0 Å². The van der Waals surface area contributed by atoms with Crippen molar-refractivity contribution in [1.29, 1.82) is 0 Å². The zero-order valence-corrected chi connectivity index (χ0v) is 11.7. The van der Waals surface area contributed by atoms with Gasteiger partial charge >= 0.3 is 0 Å². The number of aromatic nitrogens is 2. The number of rotatable bonds is 3. The summed E-state index contributed by atoms with van der Waals surface area (Å²) >= 11 is 0. The maximum Gasteiger partial charge on any atom is 0.227 e. The molecule has 1 fully saturated rings. The van der Waals surface area contributed by atoms with E-state index < -0.39 is 0 Å². The molecule has 2 unspecified atom stereocenters. The maximum absolute atomic E-state index is 9.99. The topological polar surface area (TPSA) is 59.2 Å². The molecule has 0 amide bonds. The smallest absolute Gasteiger partial charge is 0.227 e. The summed E-state index contributed by atoms with van der Waals surface area (Å²) < 4.78 is 5.33. The lowest BCUT2D eigenvalue weighted by Crippen LogP contribution is -2.26. The summed E-state index contributed by atoms with van der Waals surface area (Å²) in [6.45, 7) is 2.05. The molecule has 4 heteroatoms. The lowest BCUT2D eigenvalue weighted by molar-refractivity contribution is 0.0657. The zero-order valence-electron chi connectivity index (χ0n) is 11.7. The first-order valence-corrected chi connectivity index (χ1v) is 7.30. The molecular weight excluding hydrogens is 252 g/mol. The van der Waals surface area contributed by atoms with E-state index >= 15 is 0 Å². The van der Waals surface area contributed by atoms with Crippen LogP contribution < -0.4 is 0 Å². The van der Waals surface area contributed by atoms with E-state index in [2.05, 4.69) is 17.1 Å². The molecule has 4 nitrogen and oxygen atoms in total. The van der Waals surface area contributed by atoms with E-state index in [-0.39, 0.29) is 12.0 Å². The fourth-order valence-electron chi connectivity index (χ4n) is 2.81. The molecule has 1 heterocycles. The van der Waals surface area contributed by atoms with Crippen LogP contribution in [0, 0.1) is 12.8 Å². The first-order chi connectivity index (χ1) is 9.72. The molecule has 0 spiro atoms. The van der Waals surface area contributed by atoms with Gasteiger partial charge in [0.1, 0.15) is 0 Å². The van der Waals surface area contributed by atoms with Crippen molar-refractivity contribution in [3.8, 4) is 11.4 Å². The summed E-state index contributed by atoms with van der Waals surface area (Å²) in [5, 5.41) is 14.0. The Morgan fingerprint density at radius 1 is 1.20 bits per heavy atom. The second-order valence-electron chi connectivity index (χ2n) is 5.69. The van der Waals surface area contributed by atoms with Crippen molar-refractivity contribution in [3.63, 3.8) is 0 Å². The minimum absolute atomic E-state index is 0.224. The molecule has 20 heavy (non-hydrogen) atoms. The van der Waals surface area contributed by atoms with Gasteiger partial charge in [0.05, 0.1) is 6.10 Å². The molecule has 3 rings (SSSR count). The summed E-state index contributed by atoms with van der Waals surface area (Å²) in [5.74, 6) is 1.52. The van der Waals surface area contributed by atoms with Crippen LogP contribution in [0.5, 0.6) is 0 Å². The van der Waals surface area contributed by atoms with E-state index in [0.717, 1.165) is 24.8 Å². The van der Waals surface area contributed by atoms with Crippen LogP contribution in [0.3, 0.4) is 0 Å². The highest BCUT2D eigenvalue weighted by atomic mass is 16.5. The molecule has 1 aliphatic rings. The largest absolute Gasteiger partial charge is 0.393 e. The zero-order chi connectivity index (χ0) is 13.9. The summed E-state index contributed by atoms with van der Waals surface area (Å²) in [6.07, 6.45) is 4.70. The summed E-state index contributed by atoms with van der Waals surface area (Å²) in [4.78, 5) is 4.45. The average Bonchev–Trinajstić information content (AvgIpc) is 2.91. The molecule has 0 aliphatic heterocycles. The first kappa shape index (κ1) is 13.3. The number of hydrogen-bond acceptors (Lipinski definition) is 4. The SMILES string of the molecule is Cc1ccc(-c2noc(CC3CCCCC3O)n2)cc1. The highest BCUT2D eigenvalue weighted by Gasteiger charge is 2.25. The third-order valence-corrected chi connectivity index (χ3v) is 4.08. The number of aliphatic hydroxyl groups is 1. The van der Waals surface area contributed by atoms with Crippen LogP contribution in [0.4, 0.5) is 0 Å². The molecule has 1 aromatic carbocycles. The Bertz CT molecular complexity index is 562. The Morgan fingerprint density at radius 3 is 2.70 bits per heavy atom. The fraction of sp³-hybridized carbons (Fsp3) is 0.500. The maximum atomic E-state index is 9.99. The monoisotopic (exact) mass is 272 g/mol. The van der Waals surface area contributed by atoms with Gasteiger partial charge in [-0.2, -0.15) is 4.98 Å². The molecule has 0 radical (unpaired) electrons. The Hall–Kier alpha value is -1.68. The van der Waals surface area contributed by atoms with Crippen LogP contribution in [-0.4, -0.2) is 21.4 Å². The third kappa shape index (κ3) is 2.90. The van der Waals surface area contributed by atoms with Gasteiger partial charge in [-0.1, -0.05) is 47.8 Å². The van der Waals surface area contributed by atoms with Crippen molar-refractivity contribution in [2.45, 2.75) is 45.1 Å². The van der Waals surface area contributed by atoms with Crippen molar-refractivity contribution >= 4 is 0 Å². The quantitative estimate of drug-likeness (QED) is 0.932. The van der Waals surface area contributed by atoms with E-state index in [4.69, 9.17) is 4.52 Å². The summed E-state index contributed by atoms with van der Waals surface area (Å²) in [5.41, 5.74) is 2.18. The molecule has 1 aromatic heterocycles. The van der Waals surface area contributed by atoms with Crippen molar-refractivity contribution < 1.29 is 9.63 Å². The lowest BCUT2D eigenvalue weighted by atomic mass is 9.84. The number of aryl methyl sites for hydroxylation is 1. The van der Waals surface area contributed by atoms with Crippen LogP contribution in [0.15, 0.2) is 28.8 Å². The van der Waals surface area contributed by atoms with Gasteiger partial charge in [0, 0.05) is 12.0 Å². The van der Waals surface area contributed by atoms with Gasteiger partial charge in [0.15, 0.2) is 0 Å². The van der Waals surface area contributed by atoms with Crippen molar-refractivity contribution in [3.05, 3.63) is 35.7 Å². The molecule has 2 aromatic rings. The second-order valence-corrected chi connectivity index (χ2v) is 5.69. The van der Waals surface area contributed by atoms with E-state index in [1.165, 1.54) is 12.0 Å². The first-order valence-electron chi connectivity index (χ1n) is 7.30. The van der Waals surface area contributed by atoms with Gasteiger partial charge in [-0.25, -0.2) is 0 Å². The van der Waals surface area contributed by atoms with Crippen LogP contribution >= 0.6 is 0 Å². The van der Waals surface area contributed by atoms with E-state index in [9.17, 15) is 5.11 Å².